The van der Waals surface area contributed by atoms with Crippen LogP contribution in [0.4, 0.5) is 5.82 Å². The van der Waals surface area contributed by atoms with Gasteiger partial charge in [0.1, 0.15) is 17.4 Å². The van der Waals surface area contributed by atoms with E-state index in [1.165, 1.54) is 12.0 Å². The second-order valence-corrected chi connectivity index (χ2v) is 9.12. The normalized spacial score (nSPS) is 14.9. The summed E-state index contributed by atoms with van der Waals surface area (Å²) in [7, 11) is 3.96. The Morgan fingerprint density at radius 1 is 1.00 bits per heavy atom. The number of aryl methyl sites for hydroxylation is 1. The third-order valence-corrected chi connectivity index (χ3v) is 6.59. The van der Waals surface area contributed by atoms with Crippen LogP contribution < -0.4 is 10.6 Å². The van der Waals surface area contributed by atoms with E-state index in [1.807, 2.05) is 37.2 Å². The van der Waals surface area contributed by atoms with Crippen LogP contribution >= 0.6 is 0 Å². The van der Waals surface area contributed by atoms with Crippen molar-refractivity contribution in [3.63, 3.8) is 0 Å². The van der Waals surface area contributed by atoms with Crippen molar-refractivity contribution in [1.82, 2.24) is 9.97 Å². The van der Waals surface area contributed by atoms with Crippen LogP contribution in [0.2, 0.25) is 0 Å². The Balaban J connectivity index is 1.71. The number of nitrogens with two attached hydrogens (primary N) is 1. The molecule has 0 spiro atoms. The van der Waals surface area contributed by atoms with E-state index in [0.717, 1.165) is 46.5 Å². The van der Waals surface area contributed by atoms with Crippen LogP contribution in [0.25, 0.3) is 33.6 Å². The first-order chi connectivity index (χ1) is 16.0. The summed E-state index contributed by atoms with van der Waals surface area (Å²) in [6.07, 6.45) is 4.46. The monoisotopic (exact) mass is 442 g/mol. The van der Waals surface area contributed by atoms with Gasteiger partial charge in [-0.05, 0) is 36.8 Å². The molecule has 0 aliphatic heterocycles. The van der Waals surface area contributed by atoms with Crippen LogP contribution in [-0.2, 0) is 12.0 Å². The molecule has 1 aliphatic carbocycles. The third kappa shape index (κ3) is 3.90. The van der Waals surface area contributed by atoms with Gasteiger partial charge in [-0.15, -0.1) is 0 Å². The highest BCUT2D eigenvalue weighted by Crippen LogP contribution is 2.44. The minimum Gasteiger partial charge on any atom is -0.437 e. The molecule has 1 saturated carbocycles. The number of fused-ring (bicyclic) bond motifs is 1. The fraction of sp³-hybridized carbons (Fsp3) is 0.333. The fourth-order valence-corrected chi connectivity index (χ4v) is 4.58. The van der Waals surface area contributed by atoms with Gasteiger partial charge in [0.2, 0.25) is 5.71 Å². The largest absolute Gasteiger partial charge is 0.437 e. The van der Waals surface area contributed by atoms with E-state index in [1.54, 1.807) is 0 Å². The Hall–Kier alpha value is -3.22. The number of aliphatic hydroxyl groups is 1. The molecule has 0 saturated heterocycles. The molecule has 1 fully saturated rings. The number of anilines is 1. The van der Waals surface area contributed by atoms with Gasteiger partial charge in [-0.2, -0.15) is 4.98 Å². The zero-order valence-electron chi connectivity index (χ0n) is 19.2. The lowest BCUT2D eigenvalue weighted by Gasteiger charge is -2.38. The Kier molecular flexibility index (Phi) is 5.64. The van der Waals surface area contributed by atoms with Gasteiger partial charge in [0.05, 0.1) is 5.39 Å². The standard InChI is InChI=1S/C27H30N4O2/c1-31(2)25-23-22(18-8-4-3-5-9-18)24(33-26(23)30-21(29-25)10-6-17-32)19-11-13-20(14-12-19)27(28)15-7-16-27/h3-5,8-9,11-14,32H,6-7,10,15-17,28H2,1-2H3. The lowest BCUT2D eigenvalue weighted by atomic mass is 9.72. The highest BCUT2D eigenvalue weighted by Gasteiger charge is 2.34. The molecule has 2 aromatic heterocycles. The van der Waals surface area contributed by atoms with E-state index < -0.39 is 0 Å². The van der Waals surface area contributed by atoms with Gasteiger partial charge >= 0.3 is 0 Å². The van der Waals surface area contributed by atoms with Crippen molar-refractivity contribution in [2.75, 3.05) is 25.6 Å². The molecule has 0 bridgehead atoms. The van der Waals surface area contributed by atoms with E-state index >= 15 is 0 Å². The van der Waals surface area contributed by atoms with Crippen LogP contribution in [0, 0.1) is 0 Å². The molecule has 6 nitrogen and oxygen atoms in total. The van der Waals surface area contributed by atoms with Gasteiger partial charge in [0.25, 0.3) is 0 Å². The topological polar surface area (TPSA) is 88.4 Å². The van der Waals surface area contributed by atoms with Gasteiger partial charge in [-0.3, -0.25) is 0 Å². The summed E-state index contributed by atoms with van der Waals surface area (Å²) in [6, 6.07) is 18.7. The highest BCUT2D eigenvalue weighted by atomic mass is 16.3. The van der Waals surface area contributed by atoms with Crippen LogP contribution in [0.15, 0.2) is 59.0 Å². The maximum absolute atomic E-state index is 9.27. The summed E-state index contributed by atoms with van der Waals surface area (Å²) in [5.74, 6) is 2.26. The zero-order valence-corrected chi connectivity index (χ0v) is 19.2. The zero-order chi connectivity index (χ0) is 23.0. The molecule has 0 radical (unpaired) electrons. The molecule has 33 heavy (non-hydrogen) atoms. The van der Waals surface area contributed by atoms with Crippen LogP contribution in [-0.4, -0.2) is 35.8 Å². The van der Waals surface area contributed by atoms with Crippen molar-refractivity contribution >= 4 is 16.9 Å². The average molecular weight is 443 g/mol. The van der Waals surface area contributed by atoms with E-state index in [4.69, 9.17) is 20.1 Å². The van der Waals surface area contributed by atoms with Gasteiger partial charge in [-0.25, -0.2) is 4.98 Å². The molecule has 0 unspecified atom stereocenters. The number of nitrogens with zero attached hydrogens (tertiary/aromatic N) is 3. The van der Waals surface area contributed by atoms with Gasteiger partial charge < -0.3 is 20.2 Å². The first kappa shape index (κ1) is 21.6. The number of rotatable bonds is 7. The predicted octanol–water partition coefficient (Wildman–Crippen LogP) is 4.89. The molecule has 1 aliphatic rings. The van der Waals surface area contributed by atoms with E-state index in [2.05, 4.69) is 36.4 Å². The van der Waals surface area contributed by atoms with Crippen molar-refractivity contribution in [3.05, 3.63) is 66.0 Å². The summed E-state index contributed by atoms with van der Waals surface area (Å²) in [5.41, 5.74) is 11.1. The molecule has 6 heteroatoms. The van der Waals surface area contributed by atoms with Gasteiger partial charge in [0.15, 0.2) is 0 Å². The van der Waals surface area contributed by atoms with Gasteiger partial charge in [0, 0.05) is 43.8 Å². The SMILES string of the molecule is CN(C)c1nc(CCCO)nc2oc(-c3ccc(C4(N)CCC4)cc3)c(-c3ccccc3)c12. The Bertz CT molecular complexity index is 1260. The maximum Gasteiger partial charge on any atom is 0.232 e. The van der Waals surface area contributed by atoms with Crippen molar-refractivity contribution in [1.29, 1.82) is 0 Å². The van der Waals surface area contributed by atoms with E-state index in [0.29, 0.717) is 24.4 Å². The van der Waals surface area contributed by atoms with Crippen LogP contribution in [0.5, 0.6) is 0 Å². The van der Waals surface area contributed by atoms with Crippen molar-refractivity contribution < 1.29 is 9.52 Å². The summed E-state index contributed by atoms with van der Waals surface area (Å²) >= 11 is 0. The minimum absolute atomic E-state index is 0.104. The number of aromatic nitrogens is 2. The van der Waals surface area contributed by atoms with E-state index in [9.17, 15) is 5.11 Å². The number of furan rings is 1. The summed E-state index contributed by atoms with van der Waals surface area (Å²) in [4.78, 5) is 11.6. The number of benzene rings is 2. The van der Waals surface area contributed by atoms with Crippen LogP contribution in [0.3, 0.4) is 0 Å². The molecule has 0 amide bonds. The maximum atomic E-state index is 9.27. The fourth-order valence-electron chi connectivity index (χ4n) is 4.58. The number of hydrogen-bond donors (Lipinski definition) is 2. The van der Waals surface area contributed by atoms with Crippen molar-refractivity contribution in [2.45, 2.75) is 37.6 Å². The molecule has 4 aromatic rings. The molecule has 2 aromatic carbocycles. The molecular weight excluding hydrogens is 412 g/mol. The van der Waals surface area contributed by atoms with Crippen molar-refractivity contribution in [2.24, 2.45) is 5.73 Å². The molecular formula is C27H30N4O2. The second kappa shape index (κ2) is 8.61. The molecule has 170 valence electrons. The first-order valence-electron chi connectivity index (χ1n) is 11.6. The third-order valence-electron chi connectivity index (χ3n) is 6.59. The second-order valence-electron chi connectivity index (χ2n) is 9.12. The summed E-state index contributed by atoms with van der Waals surface area (Å²) in [5, 5.41) is 10.2. The minimum atomic E-state index is -0.195. The lowest BCUT2D eigenvalue weighted by molar-refractivity contribution is 0.253. The molecule has 2 heterocycles. The molecule has 5 rings (SSSR count). The first-order valence-corrected chi connectivity index (χ1v) is 11.6. The summed E-state index contributed by atoms with van der Waals surface area (Å²) < 4.78 is 6.45. The highest BCUT2D eigenvalue weighted by molar-refractivity contribution is 6.06. The quantitative estimate of drug-likeness (QED) is 0.424. The lowest BCUT2D eigenvalue weighted by Crippen LogP contribution is -2.43. The van der Waals surface area contributed by atoms with E-state index in [-0.39, 0.29) is 12.1 Å². The smallest absolute Gasteiger partial charge is 0.232 e. The Morgan fingerprint density at radius 3 is 2.33 bits per heavy atom. The Morgan fingerprint density at radius 2 is 1.73 bits per heavy atom. The van der Waals surface area contributed by atoms with Gasteiger partial charge in [-0.1, -0.05) is 54.6 Å². The summed E-state index contributed by atoms with van der Waals surface area (Å²) in [6.45, 7) is 0.104. The van der Waals surface area contributed by atoms with Crippen LogP contribution in [0.1, 0.15) is 37.1 Å². The predicted molar refractivity (Wildman–Crippen MR) is 132 cm³/mol. The molecule has 0 atom stereocenters. The average Bonchev–Trinajstić information content (AvgIpc) is 3.20. The van der Waals surface area contributed by atoms with Crippen molar-refractivity contribution in [3.8, 4) is 22.5 Å². The molecule has 3 N–H and O–H groups in total. The number of aliphatic hydroxyl groups excluding tert-OH is 1. The Labute approximate surface area is 194 Å². The number of hydrogen-bond acceptors (Lipinski definition) is 6.